The second-order valence-corrected chi connectivity index (χ2v) is 9.39. The van der Waals surface area contributed by atoms with Gasteiger partial charge in [0, 0.05) is 21.7 Å². The highest BCUT2D eigenvalue weighted by molar-refractivity contribution is 5.71. The van der Waals surface area contributed by atoms with Crippen molar-refractivity contribution in [1.82, 2.24) is 0 Å². The minimum absolute atomic E-state index is 0.237. The van der Waals surface area contributed by atoms with Crippen molar-refractivity contribution in [3.63, 3.8) is 0 Å². The normalized spacial score (nSPS) is 34.5. The predicted molar refractivity (Wildman–Crippen MR) is 107 cm³/mol. The Morgan fingerprint density at radius 2 is 1.04 bits per heavy atom. The Bertz CT molecular complexity index is 591. The molecule has 4 atom stereocenters. The molecule has 0 aromatic rings. The van der Waals surface area contributed by atoms with Crippen LogP contribution < -0.4 is 0 Å². The molecule has 0 saturated heterocycles. The standard InChI is InChI=1S/2C11H18O3/c2*1-10(2)8(12)5-6-11(10,3)7-9(13)14-4/h2*5-6,8,12H,7H2,1-4H3/t2*8?,11-/m10/s1. The van der Waals surface area contributed by atoms with Gasteiger partial charge < -0.3 is 19.7 Å². The predicted octanol–water partition coefficient (Wildman–Crippen LogP) is 3.03. The Hall–Kier alpha value is -1.66. The van der Waals surface area contributed by atoms with Gasteiger partial charge in [0.05, 0.1) is 39.3 Å². The molecule has 6 nitrogen and oxygen atoms in total. The van der Waals surface area contributed by atoms with Crippen LogP contribution in [0.5, 0.6) is 0 Å². The number of carbonyl (C=O) groups is 2. The molecule has 0 aromatic carbocycles. The molecule has 2 N–H and O–H groups in total. The number of aliphatic hydroxyl groups is 2. The van der Waals surface area contributed by atoms with Crippen LogP contribution in [0.3, 0.4) is 0 Å². The van der Waals surface area contributed by atoms with Crippen LogP contribution in [0.15, 0.2) is 24.3 Å². The van der Waals surface area contributed by atoms with Crippen LogP contribution >= 0.6 is 0 Å². The lowest BCUT2D eigenvalue weighted by molar-refractivity contribution is -0.145. The second-order valence-electron chi connectivity index (χ2n) is 9.39. The third kappa shape index (κ3) is 4.49. The molecule has 6 heteroatoms. The zero-order valence-corrected chi connectivity index (χ0v) is 18.4. The maximum absolute atomic E-state index is 11.2. The summed E-state index contributed by atoms with van der Waals surface area (Å²) in [5.74, 6) is -0.473. The largest absolute Gasteiger partial charge is 0.469 e. The van der Waals surface area contributed by atoms with E-state index in [2.05, 4.69) is 9.47 Å². The molecular weight excluding hydrogens is 360 g/mol. The van der Waals surface area contributed by atoms with Gasteiger partial charge in [0.25, 0.3) is 0 Å². The van der Waals surface area contributed by atoms with E-state index < -0.39 is 12.2 Å². The molecule has 0 fully saturated rings. The molecule has 2 rings (SSSR count). The maximum atomic E-state index is 11.2. The fourth-order valence-corrected chi connectivity index (χ4v) is 3.51. The summed E-state index contributed by atoms with van der Waals surface area (Å²) < 4.78 is 9.30. The maximum Gasteiger partial charge on any atom is 0.306 e. The quantitative estimate of drug-likeness (QED) is 0.560. The fraction of sp³-hybridized carbons (Fsp3) is 0.727. The first-order valence-corrected chi connectivity index (χ1v) is 9.55. The molecule has 160 valence electrons. The van der Waals surface area contributed by atoms with E-state index in [1.807, 2.05) is 53.7 Å². The average molecular weight is 397 g/mol. The summed E-state index contributed by atoms with van der Waals surface area (Å²) in [6, 6.07) is 0. The van der Waals surface area contributed by atoms with Crippen LogP contribution in [0.1, 0.15) is 54.4 Å². The Labute approximate surface area is 168 Å². The molecule has 2 aliphatic rings. The summed E-state index contributed by atoms with van der Waals surface area (Å²) in [5.41, 5.74) is -1.28. The Morgan fingerprint density at radius 1 is 0.750 bits per heavy atom. The van der Waals surface area contributed by atoms with Crippen LogP contribution in [0, 0.1) is 21.7 Å². The van der Waals surface area contributed by atoms with E-state index in [9.17, 15) is 19.8 Å². The third-order valence-corrected chi connectivity index (χ3v) is 7.19. The number of ether oxygens (including phenoxy) is 2. The highest BCUT2D eigenvalue weighted by Crippen LogP contribution is 2.51. The first-order valence-electron chi connectivity index (χ1n) is 9.55. The first kappa shape index (κ1) is 24.4. The molecule has 0 saturated carbocycles. The van der Waals surface area contributed by atoms with Crippen molar-refractivity contribution in [2.75, 3.05) is 14.2 Å². The molecule has 0 amide bonds. The van der Waals surface area contributed by atoms with Crippen molar-refractivity contribution in [1.29, 1.82) is 0 Å². The molecule has 28 heavy (non-hydrogen) atoms. The van der Waals surface area contributed by atoms with Gasteiger partial charge in [0.1, 0.15) is 0 Å². The number of methoxy groups -OCH3 is 2. The lowest BCUT2D eigenvalue weighted by Crippen LogP contribution is -2.39. The highest BCUT2D eigenvalue weighted by atomic mass is 16.5. The van der Waals surface area contributed by atoms with Crippen molar-refractivity contribution in [2.24, 2.45) is 21.7 Å². The Balaban J connectivity index is 0.000000280. The molecule has 2 unspecified atom stereocenters. The molecular formula is C22H36O6. The zero-order chi connectivity index (χ0) is 22.0. The van der Waals surface area contributed by atoms with Crippen LogP contribution in [-0.2, 0) is 19.1 Å². The molecule has 0 aromatic heterocycles. The Kier molecular flexibility index (Phi) is 7.29. The number of hydrogen-bond donors (Lipinski definition) is 2. The van der Waals surface area contributed by atoms with Crippen LogP contribution in [-0.4, -0.2) is 48.6 Å². The van der Waals surface area contributed by atoms with Crippen molar-refractivity contribution < 1.29 is 29.3 Å². The van der Waals surface area contributed by atoms with Crippen molar-refractivity contribution in [2.45, 2.75) is 66.6 Å². The van der Waals surface area contributed by atoms with E-state index in [4.69, 9.17) is 0 Å². The number of carbonyl (C=O) groups excluding carboxylic acids is 2. The summed E-state index contributed by atoms with van der Waals surface area (Å²) in [4.78, 5) is 22.5. The second kappa shape index (κ2) is 8.37. The van der Waals surface area contributed by atoms with Crippen molar-refractivity contribution in [3.05, 3.63) is 24.3 Å². The molecule has 0 heterocycles. The number of esters is 2. The van der Waals surface area contributed by atoms with E-state index in [0.29, 0.717) is 12.8 Å². The summed E-state index contributed by atoms with van der Waals surface area (Å²) in [6.45, 7) is 11.8. The van der Waals surface area contributed by atoms with Gasteiger partial charge in [0.2, 0.25) is 0 Å². The van der Waals surface area contributed by atoms with E-state index >= 15 is 0 Å². The van der Waals surface area contributed by atoms with Gasteiger partial charge in [-0.15, -0.1) is 0 Å². The van der Waals surface area contributed by atoms with Gasteiger partial charge in [-0.2, -0.15) is 0 Å². The van der Waals surface area contributed by atoms with Gasteiger partial charge in [-0.05, 0) is 0 Å². The molecule has 0 spiro atoms. The lowest BCUT2D eigenvalue weighted by Gasteiger charge is -2.39. The minimum atomic E-state index is -0.489. The summed E-state index contributed by atoms with van der Waals surface area (Å²) in [6.07, 6.45) is 6.97. The van der Waals surface area contributed by atoms with Crippen LogP contribution in [0.25, 0.3) is 0 Å². The average Bonchev–Trinajstić information content (AvgIpc) is 2.94. The van der Waals surface area contributed by atoms with Gasteiger partial charge >= 0.3 is 11.9 Å². The SMILES string of the molecule is COC(=O)C[C@@]1(C)C=CC(O)C1(C)C.COC(=O)C[C@]1(C)C=CC(O)C1(C)C. The summed E-state index contributed by atoms with van der Waals surface area (Å²) in [5, 5.41) is 19.5. The van der Waals surface area contributed by atoms with Crippen LogP contribution in [0.2, 0.25) is 0 Å². The molecule has 2 aliphatic carbocycles. The number of hydrogen-bond acceptors (Lipinski definition) is 6. The van der Waals surface area contributed by atoms with E-state index in [-0.39, 0.29) is 33.6 Å². The number of aliphatic hydroxyl groups excluding tert-OH is 2. The van der Waals surface area contributed by atoms with Gasteiger partial charge in [-0.1, -0.05) is 65.8 Å². The molecule has 0 radical (unpaired) electrons. The topological polar surface area (TPSA) is 93.1 Å². The first-order chi connectivity index (χ1) is 12.7. The van der Waals surface area contributed by atoms with E-state index in [0.717, 1.165) is 0 Å². The van der Waals surface area contributed by atoms with Crippen LogP contribution in [0.4, 0.5) is 0 Å². The molecule has 0 aliphatic heterocycles. The fourth-order valence-electron chi connectivity index (χ4n) is 3.51. The number of rotatable bonds is 4. The highest BCUT2D eigenvalue weighted by Gasteiger charge is 2.49. The number of allylic oxidation sites excluding steroid dienone is 2. The summed E-state index contributed by atoms with van der Waals surface area (Å²) >= 11 is 0. The van der Waals surface area contributed by atoms with Gasteiger partial charge in [0.15, 0.2) is 0 Å². The monoisotopic (exact) mass is 396 g/mol. The minimum Gasteiger partial charge on any atom is -0.469 e. The van der Waals surface area contributed by atoms with Crippen molar-refractivity contribution >= 4 is 11.9 Å². The third-order valence-electron chi connectivity index (χ3n) is 7.19. The smallest absolute Gasteiger partial charge is 0.306 e. The van der Waals surface area contributed by atoms with E-state index in [1.165, 1.54) is 14.2 Å². The van der Waals surface area contributed by atoms with Crippen molar-refractivity contribution in [3.8, 4) is 0 Å². The van der Waals surface area contributed by atoms with E-state index in [1.54, 1.807) is 12.2 Å². The lowest BCUT2D eigenvalue weighted by atomic mass is 9.66. The Morgan fingerprint density at radius 3 is 1.21 bits per heavy atom. The van der Waals surface area contributed by atoms with Gasteiger partial charge in [-0.25, -0.2) is 0 Å². The zero-order valence-electron chi connectivity index (χ0n) is 18.4. The molecule has 0 bridgehead atoms. The summed E-state index contributed by atoms with van der Waals surface area (Å²) in [7, 11) is 2.77. The van der Waals surface area contributed by atoms with Gasteiger partial charge in [-0.3, -0.25) is 9.59 Å².